The Kier molecular flexibility index (Phi) is 7.87. The van der Waals surface area contributed by atoms with Crippen molar-refractivity contribution in [3.8, 4) is 12.3 Å². The van der Waals surface area contributed by atoms with Crippen LogP contribution in [0, 0.1) is 25.1 Å². The standard InChI is InChI=1S/C13H8ClF.2C2H6/c1-3-9-12(15)7-5-10-11(14)6-4-8(2)13(9)10;2*1-2/h1,4-7H,2H3;2*1-2H3. The number of hydrogen-bond acceptors (Lipinski definition) is 0. The van der Waals surface area contributed by atoms with Crippen LogP contribution in [0.5, 0.6) is 0 Å². The van der Waals surface area contributed by atoms with Crippen molar-refractivity contribution in [1.29, 1.82) is 0 Å². The fraction of sp³-hybridized carbons (Fsp3) is 0.294. The van der Waals surface area contributed by atoms with Gasteiger partial charge in [-0.2, -0.15) is 0 Å². The van der Waals surface area contributed by atoms with E-state index in [9.17, 15) is 4.39 Å². The van der Waals surface area contributed by atoms with Gasteiger partial charge in [-0.15, -0.1) is 6.42 Å². The summed E-state index contributed by atoms with van der Waals surface area (Å²) in [4.78, 5) is 0. The number of fused-ring (bicyclic) bond motifs is 1. The molecule has 2 rings (SSSR count). The van der Waals surface area contributed by atoms with E-state index in [1.54, 1.807) is 12.1 Å². The molecule has 0 aromatic heterocycles. The number of halogens is 2. The monoisotopic (exact) mass is 278 g/mol. The van der Waals surface area contributed by atoms with Crippen LogP contribution in [0.4, 0.5) is 4.39 Å². The first kappa shape index (κ1) is 17.5. The van der Waals surface area contributed by atoms with Gasteiger partial charge in [-0.3, -0.25) is 0 Å². The maximum atomic E-state index is 13.4. The van der Waals surface area contributed by atoms with Crippen LogP contribution in [0.1, 0.15) is 38.8 Å². The number of benzene rings is 2. The minimum Gasteiger partial charge on any atom is -0.206 e. The Bertz CT molecular complexity index is 580. The van der Waals surface area contributed by atoms with Crippen LogP contribution < -0.4 is 0 Å². The SMILES string of the molecule is C#Cc1c(F)ccc2c(Cl)ccc(C)c12.CC.CC. The zero-order valence-corrected chi connectivity index (χ0v) is 12.9. The molecule has 2 aromatic carbocycles. The molecule has 102 valence electrons. The molecular formula is C17H20ClF. The summed E-state index contributed by atoms with van der Waals surface area (Å²) in [5.74, 6) is 1.99. The Hall–Kier alpha value is -1.52. The summed E-state index contributed by atoms with van der Waals surface area (Å²) in [5, 5.41) is 2.11. The smallest absolute Gasteiger partial charge is 0.139 e. The summed E-state index contributed by atoms with van der Waals surface area (Å²) in [7, 11) is 0. The minimum atomic E-state index is -0.379. The molecular weight excluding hydrogens is 259 g/mol. The Labute approximate surface area is 120 Å². The van der Waals surface area contributed by atoms with E-state index < -0.39 is 0 Å². The zero-order valence-electron chi connectivity index (χ0n) is 12.1. The second-order valence-electron chi connectivity index (χ2n) is 3.35. The van der Waals surface area contributed by atoms with E-state index in [4.69, 9.17) is 18.0 Å². The summed E-state index contributed by atoms with van der Waals surface area (Å²) in [5.41, 5.74) is 1.22. The number of terminal acetylenes is 1. The molecule has 0 saturated heterocycles. The maximum absolute atomic E-state index is 13.4. The van der Waals surface area contributed by atoms with Crippen LogP contribution in [0.2, 0.25) is 5.02 Å². The van der Waals surface area contributed by atoms with E-state index >= 15 is 0 Å². The molecule has 0 heterocycles. The Morgan fingerprint density at radius 2 is 1.63 bits per heavy atom. The van der Waals surface area contributed by atoms with Crippen molar-refractivity contribution in [2.75, 3.05) is 0 Å². The number of rotatable bonds is 0. The van der Waals surface area contributed by atoms with E-state index in [0.29, 0.717) is 5.02 Å². The molecule has 19 heavy (non-hydrogen) atoms. The van der Waals surface area contributed by atoms with Crippen molar-refractivity contribution in [2.45, 2.75) is 34.6 Å². The fourth-order valence-electron chi connectivity index (χ4n) is 1.70. The third-order valence-corrected chi connectivity index (χ3v) is 2.76. The normalized spacial score (nSPS) is 8.74. The number of aryl methyl sites for hydroxylation is 1. The molecule has 2 heteroatoms. The second-order valence-corrected chi connectivity index (χ2v) is 3.76. The third kappa shape index (κ3) is 3.72. The summed E-state index contributed by atoms with van der Waals surface area (Å²) in [6, 6.07) is 6.63. The van der Waals surface area contributed by atoms with Gasteiger partial charge in [0.2, 0.25) is 0 Å². The molecule has 0 N–H and O–H groups in total. The van der Waals surface area contributed by atoms with Gasteiger partial charge in [0, 0.05) is 15.8 Å². The van der Waals surface area contributed by atoms with Gasteiger partial charge in [-0.25, -0.2) is 4.39 Å². The molecule has 0 atom stereocenters. The average Bonchev–Trinajstić information content (AvgIpc) is 2.47. The first-order chi connectivity index (χ1) is 9.15. The van der Waals surface area contributed by atoms with Crippen molar-refractivity contribution < 1.29 is 4.39 Å². The lowest BCUT2D eigenvalue weighted by atomic mass is 10.00. The highest BCUT2D eigenvalue weighted by Crippen LogP contribution is 2.30. The van der Waals surface area contributed by atoms with Crippen LogP contribution >= 0.6 is 11.6 Å². The topological polar surface area (TPSA) is 0 Å². The van der Waals surface area contributed by atoms with Gasteiger partial charge in [-0.05, 0) is 30.7 Å². The van der Waals surface area contributed by atoms with Crippen molar-refractivity contribution >= 4 is 22.4 Å². The molecule has 0 aliphatic carbocycles. The predicted octanol–water partition coefficient (Wildman–Crippen LogP) is 5.97. The molecule has 0 fully saturated rings. The van der Waals surface area contributed by atoms with Gasteiger partial charge in [0.05, 0.1) is 5.56 Å². The van der Waals surface area contributed by atoms with E-state index in [2.05, 4.69) is 5.92 Å². The third-order valence-electron chi connectivity index (χ3n) is 2.43. The molecule has 0 spiro atoms. The van der Waals surface area contributed by atoms with Crippen LogP contribution in [-0.2, 0) is 0 Å². The summed E-state index contributed by atoms with van der Waals surface area (Å²) in [6.45, 7) is 9.89. The van der Waals surface area contributed by atoms with Gasteiger partial charge in [0.15, 0.2) is 0 Å². The lowest BCUT2D eigenvalue weighted by Gasteiger charge is -2.07. The molecule has 0 bridgehead atoms. The Morgan fingerprint density at radius 1 is 1.05 bits per heavy atom. The van der Waals surface area contributed by atoms with E-state index in [-0.39, 0.29) is 11.4 Å². The highest BCUT2D eigenvalue weighted by Gasteiger charge is 2.09. The molecule has 0 aliphatic rings. The van der Waals surface area contributed by atoms with Gasteiger partial charge < -0.3 is 0 Å². The van der Waals surface area contributed by atoms with Gasteiger partial charge in [0.25, 0.3) is 0 Å². The second kappa shape index (κ2) is 8.56. The van der Waals surface area contributed by atoms with Crippen LogP contribution in [0.15, 0.2) is 24.3 Å². The minimum absolute atomic E-state index is 0.285. The average molecular weight is 279 g/mol. The highest BCUT2D eigenvalue weighted by molar-refractivity contribution is 6.35. The predicted molar refractivity (Wildman–Crippen MR) is 84.3 cm³/mol. The molecule has 0 amide bonds. The van der Waals surface area contributed by atoms with Crippen molar-refractivity contribution in [2.24, 2.45) is 0 Å². The molecule has 0 saturated carbocycles. The van der Waals surface area contributed by atoms with Crippen molar-refractivity contribution in [1.82, 2.24) is 0 Å². The van der Waals surface area contributed by atoms with Crippen molar-refractivity contribution in [3.05, 3.63) is 46.2 Å². The summed E-state index contributed by atoms with van der Waals surface area (Å²) < 4.78 is 13.4. The quantitative estimate of drug-likeness (QED) is 0.520. The maximum Gasteiger partial charge on any atom is 0.139 e. The van der Waals surface area contributed by atoms with E-state index in [0.717, 1.165) is 16.3 Å². The summed E-state index contributed by atoms with van der Waals surface area (Å²) in [6.07, 6.45) is 5.30. The van der Waals surface area contributed by atoms with E-state index in [1.165, 1.54) is 6.07 Å². The van der Waals surface area contributed by atoms with Crippen molar-refractivity contribution in [3.63, 3.8) is 0 Å². The van der Waals surface area contributed by atoms with Crippen LogP contribution in [-0.4, -0.2) is 0 Å². The summed E-state index contributed by atoms with van der Waals surface area (Å²) >= 11 is 6.02. The van der Waals surface area contributed by atoms with Gasteiger partial charge in [-0.1, -0.05) is 51.3 Å². The van der Waals surface area contributed by atoms with Gasteiger partial charge >= 0.3 is 0 Å². The number of hydrogen-bond donors (Lipinski definition) is 0. The van der Waals surface area contributed by atoms with Crippen LogP contribution in [0.3, 0.4) is 0 Å². The highest BCUT2D eigenvalue weighted by atomic mass is 35.5. The lowest BCUT2D eigenvalue weighted by Crippen LogP contribution is -1.89. The van der Waals surface area contributed by atoms with Crippen LogP contribution in [0.25, 0.3) is 10.8 Å². The Morgan fingerprint density at radius 3 is 2.16 bits per heavy atom. The molecule has 2 aromatic rings. The first-order valence-electron chi connectivity index (χ1n) is 6.49. The van der Waals surface area contributed by atoms with E-state index in [1.807, 2.05) is 40.7 Å². The molecule has 0 unspecified atom stereocenters. The zero-order chi connectivity index (χ0) is 15.0. The molecule has 0 nitrogen and oxygen atoms in total. The Balaban J connectivity index is 0.000000741. The van der Waals surface area contributed by atoms with Gasteiger partial charge in [0.1, 0.15) is 5.82 Å². The largest absolute Gasteiger partial charge is 0.206 e. The molecule has 0 radical (unpaired) electrons. The first-order valence-corrected chi connectivity index (χ1v) is 6.87. The fourth-order valence-corrected chi connectivity index (χ4v) is 1.92. The molecule has 0 aliphatic heterocycles. The lowest BCUT2D eigenvalue weighted by molar-refractivity contribution is 0.626.